The van der Waals surface area contributed by atoms with Gasteiger partial charge in [-0.1, -0.05) is 26.8 Å². The maximum absolute atomic E-state index is 14.0. The second-order valence-corrected chi connectivity index (χ2v) is 10.1. The van der Waals surface area contributed by atoms with Gasteiger partial charge in [0.2, 0.25) is 0 Å². The fourth-order valence-corrected chi connectivity index (χ4v) is 4.30. The molecule has 8 nitrogen and oxygen atoms in total. The number of anilines is 1. The number of nitrogens with zero attached hydrogens (tertiary/aromatic N) is 4. The van der Waals surface area contributed by atoms with E-state index in [-0.39, 0.29) is 28.4 Å². The van der Waals surface area contributed by atoms with E-state index in [4.69, 9.17) is 9.72 Å². The van der Waals surface area contributed by atoms with E-state index < -0.39 is 5.91 Å². The number of fused-ring (bicyclic) bond motifs is 1. The number of halogens is 1. The topological polar surface area (TPSA) is 98.5 Å². The molecule has 5 rings (SSSR count). The van der Waals surface area contributed by atoms with E-state index in [9.17, 15) is 14.0 Å². The van der Waals surface area contributed by atoms with E-state index >= 15 is 0 Å². The number of amides is 1. The quantitative estimate of drug-likeness (QED) is 0.275. The van der Waals surface area contributed by atoms with Crippen LogP contribution in [0.4, 0.5) is 10.2 Å². The molecule has 0 fully saturated rings. The normalized spacial score (nSPS) is 11.4. The SMILES string of the molecule is Cc1cc(-c2nc3cccnn3c2-c2ccnc(NC(=O)c3ccc(C(C)(C)C)cc3OC=O)c2)ccc1F. The minimum atomic E-state index is -0.484. The van der Waals surface area contributed by atoms with Gasteiger partial charge in [0.25, 0.3) is 12.4 Å². The molecule has 39 heavy (non-hydrogen) atoms. The Balaban J connectivity index is 1.54. The number of nitrogens with one attached hydrogen (secondary N) is 1. The number of hydrogen-bond acceptors (Lipinski definition) is 6. The first-order chi connectivity index (χ1) is 18.7. The Hall–Kier alpha value is -4.92. The second-order valence-electron chi connectivity index (χ2n) is 10.1. The number of aryl methyl sites for hydroxylation is 1. The first kappa shape index (κ1) is 25.7. The van der Waals surface area contributed by atoms with E-state index in [2.05, 4.69) is 15.4 Å². The van der Waals surface area contributed by atoms with Crippen molar-refractivity contribution in [3.63, 3.8) is 0 Å². The summed E-state index contributed by atoms with van der Waals surface area (Å²) in [6.45, 7) is 8.08. The van der Waals surface area contributed by atoms with Crippen molar-refractivity contribution < 1.29 is 18.7 Å². The minimum absolute atomic E-state index is 0.158. The van der Waals surface area contributed by atoms with Crippen LogP contribution >= 0.6 is 0 Å². The van der Waals surface area contributed by atoms with Crippen LogP contribution in [0.1, 0.15) is 42.3 Å². The Morgan fingerprint density at radius 2 is 1.85 bits per heavy atom. The average molecular weight is 524 g/mol. The lowest BCUT2D eigenvalue weighted by Gasteiger charge is -2.20. The molecule has 1 N–H and O–H groups in total. The maximum Gasteiger partial charge on any atom is 0.298 e. The number of imidazole rings is 1. The summed E-state index contributed by atoms with van der Waals surface area (Å²) in [4.78, 5) is 33.4. The van der Waals surface area contributed by atoms with Crippen molar-refractivity contribution in [2.45, 2.75) is 33.1 Å². The lowest BCUT2D eigenvalue weighted by Crippen LogP contribution is -2.16. The minimum Gasteiger partial charge on any atom is -0.428 e. The monoisotopic (exact) mass is 523 g/mol. The molecule has 0 unspecified atom stereocenters. The van der Waals surface area contributed by atoms with Gasteiger partial charge < -0.3 is 10.1 Å². The summed E-state index contributed by atoms with van der Waals surface area (Å²) >= 11 is 0. The van der Waals surface area contributed by atoms with Gasteiger partial charge in [0.05, 0.1) is 11.3 Å². The van der Waals surface area contributed by atoms with Crippen molar-refractivity contribution in [1.82, 2.24) is 19.6 Å². The van der Waals surface area contributed by atoms with Gasteiger partial charge in [-0.2, -0.15) is 5.10 Å². The first-order valence-electron chi connectivity index (χ1n) is 12.3. The van der Waals surface area contributed by atoms with E-state index in [0.717, 1.165) is 11.1 Å². The molecular formula is C30H26FN5O3. The van der Waals surface area contributed by atoms with E-state index in [1.54, 1.807) is 66.3 Å². The summed E-state index contributed by atoms with van der Waals surface area (Å²) in [5.41, 5.74) is 4.71. The van der Waals surface area contributed by atoms with Crippen molar-refractivity contribution >= 4 is 23.8 Å². The average Bonchev–Trinajstić information content (AvgIpc) is 3.30. The summed E-state index contributed by atoms with van der Waals surface area (Å²) in [5, 5.41) is 7.26. The number of carbonyl (C=O) groups excluding carboxylic acids is 2. The van der Waals surface area contributed by atoms with Crippen molar-refractivity contribution in [3.8, 4) is 28.3 Å². The highest BCUT2D eigenvalue weighted by Gasteiger charge is 2.21. The van der Waals surface area contributed by atoms with Crippen LogP contribution in [0.15, 0.2) is 73.1 Å². The Morgan fingerprint density at radius 1 is 1.03 bits per heavy atom. The Bertz CT molecular complexity index is 1720. The highest BCUT2D eigenvalue weighted by Crippen LogP contribution is 2.34. The number of aromatic nitrogens is 4. The zero-order chi connectivity index (χ0) is 27.7. The Labute approximate surface area is 224 Å². The van der Waals surface area contributed by atoms with E-state index in [1.165, 1.54) is 6.07 Å². The maximum atomic E-state index is 14.0. The highest BCUT2D eigenvalue weighted by atomic mass is 19.1. The van der Waals surface area contributed by atoms with Crippen LogP contribution in [0.2, 0.25) is 0 Å². The fraction of sp³-hybridized carbons (Fsp3) is 0.167. The summed E-state index contributed by atoms with van der Waals surface area (Å²) in [5.74, 6) is -0.347. The zero-order valence-corrected chi connectivity index (χ0v) is 21.9. The smallest absolute Gasteiger partial charge is 0.298 e. The Kier molecular flexibility index (Phi) is 6.66. The molecule has 0 bridgehead atoms. The molecule has 1 amide bonds. The number of rotatable bonds is 6. The van der Waals surface area contributed by atoms with Crippen molar-refractivity contribution in [2.24, 2.45) is 0 Å². The molecule has 0 radical (unpaired) electrons. The third-order valence-corrected chi connectivity index (χ3v) is 6.37. The predicted octanol–water partition coefficient (Wildman–Crippen LogP) is 5.99. The second kappa shape index (κ2) is 10.1. The van der Waals surface area contributed by atoms with Gasteiger partial charge in [-0.25, -0.2) is 18.9 Å². The van der Waals surface area contributed by atoms with Crippen LogP contribution in [-0.4, -0.2) is 32.0 Å². The third kappa shape index (κ3) is 5.11. The van der Waals surface area contributed by atoms with Gasteiger partial charge in [0.1, 0.15) is 23.1 Å². The molecule has 3 heterocycles. The molecule has 196 valence electrons. The van der Waals surface area contributed by atoms with E-state index in [1.807, 2.05) is 32.9 Å². The largest absolute Gasteiger partial charge is 0.428 e. The standard InChI is InChI=1S/C30H26FN5O3/c1-18-14-19(7-10-23(18)31)27-28(36-26(35-27)6-5-12-33-36)20-11-13-32-25(15-20)34-29(38)22-9-8-21(30(2,3)4)16-24(22)39-17-37/h5-17H,1-4H3,(H,32,34,38). The van der Waals surface area contributed by atoms with E-state index in [0.29, 0.717) is 34.6 Å². The number of hydrogen-bond donors (Lipinski definition) is 1. The lowest BCUT2D eigenvalue weighted by atomic mass is 9.86. The van der Waals surface area contributed by atoms with Gasteiger partial charge in [-0.15, -0.1) is 0 Å². The van der Waals surface area contributed by atoms with Crippen LogP contribution < -0.4 is 10.1 Å². The summed E-state index contributed by atoms with van der Waals surface area (Å²) < 4.78 is 20.8. The zero-order valence-electron chi connectivity index (χ0n) is 21.9. The molecule has 2 aromatic carbocycles. The predicted molar refractivity (Wildman–Crippen MR) is 146 cm³/mol. The molecule has 5 aromatic rings. The lowest BCUT2D eigenvalue weighted by molar-refractivity contribution is -0.120. The van der Waals surface area contributed by atoms with Gasteiger partial charge >= 0.3 is 0 Å². The molecular weight excluding hydrogens is 497 g/mol. The number of ether oxygens (including phenoxy) is 1. The van der Waals surface area contributed by atoms with Gasteiger partial charge in [-0.05, 0) is 78.1 Å². The van der Waals surface area contributed by atoms with Crippen LogP contribution in [0, 0.1) is 12.7 Å². The molecule has 3 aromatic heterocycles. The summed E-state index contributed by atoms with van der Waals surface area (Å²) in [7, 11) is 0. The first-order valence-corrected chi connectivity index (χ1v) is 12.3. The van der Waals surface area contributed by atoms with Gasteiger partial charge in [-0.3, -0.25) is 9.59 Å². The van der Waals surface area contributed by atoms with Crippen LogP contribution in [0.25, 0.3) is 28.2 Å². The summed E-state index contributed by atoms with van der Waals surface area (Å²) in [6.07, 6.45) is 3.22. The summed E-state index contributed by atoms with van der Waals surface area (Å²) in [6, 6.07) is 17.1. The molecule has 0 saturated heterocycles. The molecule has 9 heteroatoms. The van der Waals surface area contributed by atoms with Crippen molar-refractivity contribution in [1.29, 1.82) is 0 Å². The molecule has 0 aliphatic rings. The molecule has 0 aliphatic heterocycles. The highest BCUT2D eigenvalue weighted by molar-refractivity contribution is 6.06. The number of benzene rings is 2. The van der Waals surface area contributed by atoms with Crippen LogP contribution in [0.5, 0.6) is 5.75 Å². The third-order valence-electron chi connectivity index (χ3n) is 6.37. The Morgan fingerprint density at radius 3 is 2.59 bits per heavy atom. The van der Waals surface area contributed by atoms with Crippen molar-refractivity contribution in [3.05, 3.63) is 95.6 Å². The number of carbonyl (C=O) groups is 2. The molecule has 0 spiro atoms. The van der Waals surface area contributed by atoms with Gasteiger partial charge in [0.15, 0.2) is 5.65 Å². The number of pyridine rings is 1. The van der Waals surface area contributed by atoms with Crippen LogP contribution in [0.3, 0.4) is 0 Å². The molecule has 0 saturated carbocycles. The molecule has 0 aliphatic carbocycles. The van der Waals surface area contributed by atoms with Crippen molar-refractivity contribution in [2.75, 3.05) is 5.32 Å². The molecule has 0 atom stereocenters. The van der Waals surface area contributed by atoms with Crippen LogP contribution in [-0.2, 0) is 10.2 Å². The fourth-order valence-electron chi connectivity index (χ4n) is 4.30. The van der Waals surface area contributed by atoms with Gasteiger partial charge in [0, 0.05) is 23.5 Å².